The molecule has 0 fully saturated rings. The van der Waals surface area contributed by atoms with Crippen molar-refractivity contribution < 1.29 is 23.5 Å². The molecule has 0 radical (unpaired) electrons. The molecule has 0 aliphatic carbocycles. The molecular formula is C24H26N2O5. The number of aliphatic hydroxyl groups is 1. The Hall–Kier alpha value is -3.32. The van der Waals surface area contributed by atoms with Crippen molar-refractivity contribution >= 4 is 22.7 Å². The number of ketones is 1. The summed E-state index contributed by atoms with van der Waals surface area (Å²) < 4.78 is 11.3. The molecule has 1 aliphatic heterocycles. The molecule has 0 spiro atoms. The first kappa shape index (κ1) is 20.9. The number of hydrogen-bond donors (Lipinski definition) is 1. The summed E-state index contributed by atoms with van der Waals surface area (Å²) >= 11 is 0. The van der Waals surface area contributed by atoms with Gasteiger partial charge in [0.1, 0.15) is 17.4 Å². The summed E-state index contributed by atoms with van der Waals surface area (Å²) in [4.78, 5) is 30.0. The molecule has 1 aliphatic rings. The van der Waals surface area contributed by atoms with Crippen LogP contribution in [0.1, 0.15) is 41.8 Å². The van der Waals surface area contributed by atoms with Crippen molar-refractivity contribution in [1.82, 2.24) is 9.80 Å². The zero-order chi connectivity index (χ0) is 22.1. The Balaban J connectivity index is 1.71. The molecule has 3 heterocycles. The molecule has 7 nitrogen and oxygen atoms in total. The number of likely N-dealkylation sites (N-methyl/N-ethyl adjacent to an activating group) is 1. The first-order chi connectivity index (χ1) is 14.9. The van der Waals surface area contributed by atoms with Crippen LogP contribution in [-0.2, 0) is 4.79 Å². The highest BCUT2D eigenvalue weighted by Crippen LogP contribution is 2.39. The smallest absolute Gasteiger partial charge is 0.290 e. The number of aliphatic hydroxyl groups excluding tert-OH is 1. The zero-order valence-electron chi connectivity index (χ0n) is 17.9. The normalized spacial score (nSPS) is 16.8. The predicted octanol–water partition coefficient (Wildman–Crippen LogP) is 4.25. The summed E-state index contributed by atoms with van der Waals surface area (Å²) in [5.74, 6) is -1.15. The Morgan fingerprint density at radius 1 is 1.19 bits per heavy atom. The molecule has 31 heavy (non-hydrogen) atoms. The Morgan fingerprint density at radius 2 is 1.97 bits per heavy atom. The van der Waals surface area contributed by atoms with E-state index in [0.717, 1.165) is 24.0 Å². The van der Waals surface area contributed by atoms with Crippen molar-refractivity contribution in [2.75, 3.05) is 26.2 Å². The number of hydrogen-bond acceptors (Lipinski definition) is 6. The molecule has 1 N–H and O–H groups in total. The van der Waals surface area contributed by atoms with Gasteiger partial charge in [-0.2, -0.15) is 0 Å². The molecule has 0 saturated carbocycles. The highest BCUT2D eigenvalue weighted by atomic mass is 16.3. The van der Waals surface area contributed by atoms with Gasteiger partial charge in [-0.15, -0.1) is 0 Å². The van der Waals surface area contributed by atoms with Crippen molar-refractivity contribution in [2.45, 2.75) is 26.8 Å². The molecule has 1 atom stereocenters. The lowest BCUT2D eigenvalue weighted by atomic mass is 9.99. The van der Waals surface area contributed by atoms with Crippen molar-refractivity contribution in [3.8, 4) is 0 Å². The summed E-state index contributed by atoms with van der Waals surface area (Å²) in [6, 6.07) is 9.87. The molecule has 3 aromatic rings. The van der Waals surface area contributed by atoms with E-state index in [0.29, 0.717) is 24.4 Å². The van der Waals surface area contributed by atoms with E-state index in [1.54, 1.807) is 24.3 Å². The van der Waals surface area contributed by atoms with Gasteiger partial charge < -0.3 is 23.7 Å². The molecule has 7 heteroatoms. The standard InChI is InChI=1S/C24H26N2O5/c1-4-25(5-2)10-11-26-21(18-7-6-12-30-18)20(23(28)24(26)29)22(27)19-14-16-13-15(3)8-9-17(16)31-19/h6-9,12-14,21,28H,4-5,10-11H2,1-3H3. The molecule has 162 valence electrons. The van der Waals surface area contributed by atoms with Crippen molar-refractivity contribution in [1.29, 1.82) is 0 Å². The van der Waals surface area contributed by atoms with Crippen LogP contribution in [0.15, 0.2) is 62.8 Å². The number of aryl methyl sites for hydroxylation is 1. The van der Waals surface area contributed by atoms with Crippen LogP contribution < -0.4 is 0 Å². The molecule has 1 amide bonds. The first-order valence-corrected chi connectivity index (χ1v) is 10.5. The third-order valence-corrected chi connectivity index (χ3v) is 5.81. The summed E-state index contributed by atoms with van der Waals surface area (Å²) in [6.07, 6.45) is 1.49. The highest BCUT2D eigenvalue weighted by molar-refractivity contribution is 6.15. The summed E-state index contributed by atoms with van der Waals surface area (Å²) in [5.41, 5.74) is 1.60. The monoisotopic (exact) mass is 422 g/mol. The Kier molecular flexibility index (Phi) is 5.69. The number of benzene rings is 1. The van der Waals surface area contributed by atoms with E-state index < -0.39 is 23.5 Å². The summed E-state index contributed by atoms with van der Waals surface area (Å²) in [7, 11) is 0. The number of carbonyl (C=O) groups excluding carboxylic acids is 2. The number of carbonyl (C=O) groups is 2. The lowest BCUT2D eigenvalue weighted by molar-refractivity contribution is -0.129. The van der Waals surface area contributed by atoms with Gasteiger partial charge in [0, 0.05) is 18.5 Å². The number of rotatable bonds is 8. The zero-order valence-corrected chi connectivity index (χ0v) is 17.9. The van der Waals surface area contributed by atoms with Crippen molar-refractivity contribution in [3.63, 3.8) is 0 Å². The highest BCUT2D eigenvalue weighted by Gasteiger charge is 2.45. The van der Waals surface area contributed by atoms with Crippen LogP contribution in [0.2, 0.25) is 0 Å². The van der Waals surface area contributed by atoms with E-state index in [4.69, 9.17) is 8.83 Å². The van der Waals surface area contributed by atoms with E-state index in [9.17, 15) is 14.7 Å². The van der Waals surface area contributed by atoms with Gasteiger partial charge in [-0.05, 0) is 50.3 Å². The molecule has 0 saturated heterocycles. The maximum absolute atomic E-state index is 13.4. The van der Waals surface area contributed by atoms with Gasteiger partial charge in [-0.3, -0.25) is 9.59 Å². The SMILES string of the molecule is CCN(CC)CCN1C(=O)C(O)=C(C(=O)c2cc3cc(C)ccc3o2)C1c1ccco1. The second-order valence-electron chi connectivity index (χ2n) is 7.69. The van der Waals surface area contributed by atoms with Gasteiger partial charge in [-0.25, -0.2) is 0 Å². The van der Waals surface area contributed by atoms with Gasteiger partial charge in [0.2, 0.25) is 5.78 Å². The second-order valence-corrected chi connectivity index (χ2v) is 7.69. The van der Waals surface area contributed by atoms with Crippen LogP contribution in [-0.4, -0.2) is 52.8 Å². The molecular weight excluding hydrogens is 396 g/mol. The van der Waals surface area contributed by atoms with Gasteiger partial charge in [-0.1, -0.05) is 25.5 Å². The molecule has 0 bridgehead atoms. The molecule has 1 unspecified atom stereocenters. The second kappa shape index (κ2) is 8.43. The first-order valence-electron chi connectivity index (χ1n) is 10.5. The number of amides is 1. The number of Topliss-reactive ketones (excluding diaryl/α,β-unsaturated/α-hetero) is 1. The minimum Gasteiger partial charge on any atom is -0.503 e. The summed E-state index contributed by atoms with van der Waals surface area (Å²) in [5, 5.41) is 11.5. The van der Waals surface area contributed by atoms with Crippen LogP contribution >= 0.6 is 0 Å². The van der Waals surface area contributed by atoms with E-state index in [-0.39, 0.29) is 11.3 Å². The third-order valence-electron chi connectivity index (χ3n) is 5.81. The lowest BCUT2D eigenvalue weighted by Crippen LogP contribution is -2.38. The van der Waals surface area contributed by atoms with Crippen molar-refractivity contribution in [2.24, 2.45) is 0 Å². The average molecular weight is 422 g/mol. The minimum absolute atomic E-state index is 0.0183. The van der Waals surface area contributed by atoms with Crippen LogP contribution in [0.3, 0.4) is 0 Å². The quantitative estimate of drug-likeness (QED) is 0.546. The van der Waals surface area contributed by atoms with Crippen LogP contribution in [0.4, 0.5) is 0 Å². The fourth-order valence-corrected chi connectivity index (χ4v) is 4.06. The van der Waals surface area contributed by atoms with E-state index >= 15 is 0 Å². The number of furan rings is 2. The third kappa shape index (κ3) is 3.77. The van der Waals surface area contributed by atoms with E-state index in [1.165, 1.54) is 11.2 Å². The Morgan fingerprint density at radius 3 is 2.65 bits per heavy atom. The fraction of sp³-hybridized carbons (Fsp3) is 0.333. The van der Waals surface area contributed by atoms with Crippen molar-refractivity contribution in [3.05, 3.63) is 71.1 Å². The van der Waals surface area contributed by atoms with Crippen LogP contribution in [0.25, 0.3) is 11.0 Å². The Labute approximate surface area is 180 Å². The lowest BCUT2D eigenvalue weighted by Gasteiger charge is -2.27. The van der Waals surface area contributed by atoms with Crippen LogP contribution in [0, 0.1) is 6.92 Å². The number of nitrogens with zero attached hydrogens (tertiary/aromatic N) is 2. The number of fused-ring (bicyclic) bond motifs is 1. The Bertz CT molecular complexity index is 1140. The van der Waals surface area contributed by atoms with Gasteiger partial charge in [0.15, 0.2) is 11.5 Å². The van der Waals surface area contributed by atoms with E-state index in [2.05, 4.69) is 4.90 Å². The molecule has 1 aromatic carbocycles. The largest absolute Gasteiger partial charge is 0.503 e. The maximum Gasteiger partial charge on any atom is 0.290 e. The predicted molar refractivity (Wildman–Crippen MR) is 116 cm³/mol. The van der Waals surface area contributed by atoms with E-state index in [1.807, 2.05) is 32.9 Å². The maximum atomic E-state index is 13.4. The average Bonchev–Trinajstić information content (AvgIpc) is 3.48. The van der Waals surface area contributed by atoms with Gasteiger partial charge in [0.25, 0.3) is 5.91 Å². The topological polar surface area (TPSA) is 87.1 Å². The molecule has 2 aromatic heterocycles. The minimum atomic E-state index is -0.805. The fourth-order valence-electron chi connectivity index (χ4n) is 4.06. The summed E-state index contributed by atoms with van der Waals surface area (Å²) in [6.45, 7) is 8.71. The van der Waals surface area contributed by atoms with Gasteiger partial charge in [0.05, 0.1) is 11.8 Å². The van der Waals surface area contributed by atoms with Gasteiger partial charge >= 0.3 is 0 Å². The molecule has 4 rings (SSSR count). The van der Waals surface area contributed by atoms with Crippen LogP contribution in [0.5, 0.6) is 0 Å².